The number of hydrogen-bond donors (Lipinski definition) is 6. The number of nitrogens with two attached hydrogens (primary N) is 1. The molecule has 2 atom stereocenters. The van der Waals surface area contributed by atoms with Crippen molar-refractivity contribution in [3.63, 3.8) is 0 Å². The highest BCUT2D eigenvalue weighted by molar-refractivity contribution is 6.27. The lowest BCUT2D eigenvalue weighted by Gasteiger charge is -2.25. The summed E-state index contributed by atoms with van der Waals surface area (Å²) in [6.07, 6.45) is 1.76. The molecule has 0 fully saturated rings. The summed E-state index contributed by atoms with van der Waals surface area (Å²) < 4.78 is 4.95. The lowest BCUT2D eigenvalue weighted by molar-refractivity contribution is -0.142. The lowest BCUT2D eigenvalue weighted by Crippen LogP contribution is -2.54. The third-order valence-corrected chi connectivity index (χ3v) is 6.05. The molecule has 7 N–H and O–H groups in total. The summed E-state index contributed by atoms with van der Waals surface area (Å²) in [6.45, 7) is 5.55. The average molecular weight is 597 g/mol. The number of ether oxygens (including phenoxy) is 1. The minimum Gasteiger partial charge on any atom is -0.461 e. The minimum absolute atomic E-state index is 0.0992. The Labute approximate surface area is 245 Å². The number of halogens is 1. The number of nitrogens with one attached hydrogen (secondary N) is 5. The van der Waals surface area contributed by atoms with Crippen LogP contribution < -0.4 is 32.3 Å². The van der Waals surface area contributed by atoms with Crippen molar-refractivity contribution in [2.24, 2.45) is 11.7 Å². The van der Waals surface area contributed by atoms with Gasteiger partial charge in [-0.05, 0) is 49.3 Å². The van der Waals surface area contributed by atoms with Crippen molar-refractivity contribution < 1.29 is 33.5 Å². The molecule has 0 aliphatic rings. The number of esters is 1. The molecule has 0 unspecified atom stereocenters. The largest absolute Gasteiger partial charge is 0.461 e. The summed E-state index contributed by atoms with van der Waals surface area (Å²) in [5.74, 6) is -2.44. The number of primary amides is 1. The van der Waals surface area contributed by atoms with Crippen LogP contribution in [0.5, 0.6) is 0 Å². The fourth-order valence-electron chi connectivity index (χ4n) is 3.61. The van der Waals surface area contributed by atoms with E-state index in [4.69, 9.17) is 22.1 Å². The van der Waals surface area contributed by atoms with E-state index < -0.39 is 35.9 Å². The van der Waals surface area contributed by atoms with Gasteiger partial charge in [0.15, 0.2) is 0 Å². The molecule has 13 nitrogen and oxygen atoms in total. The van der Waals surface area contributed by atoms with Crippen LogP contribution in [-0.4, -0.2) is 66.7 Å². The van der Waals surface area contributed by atoms with Crippen LogP contribution in [0.4, 0.5) is 10.5 Å². The van der Waals surface area contributed by atoms with E-state index in [9.17, 15) is 28.8 Å². The fourth-order valence-corrected chi connectivity index (χ4v) is 3.71. The zero-order chi connectivity index (χ0) is 30.8. The highest BCUT2D eigenvalue weighted by Gasteiger charge is 2.28. The highest BCUT2D eigenvalue weighted by Crippen LogP contribution is 2.13. The summed E-state index contributed by atoms with van der Waals surface area (Å²) in [5.41, 5.74) is 6.30. The van der Waals surface area contributed by atoms with E-state index in [1.807, 2.05) is 0 Å². The van der Waals surface area contributed by atoms with E-state index in [1.54, 1.807) is 38.1 Å². The molecule has 1 aromatic carbocycles. The molecule has 1 aromatic rings. The molecule has 0 aliphatic carbocycles. The van der Waals surface area contributed by atoms with Gasteiger partial charge >= 0.3 is 12.0 Å². The maximum absolute atomic E-state index is 13.2. The minimum atomic E-state index is -0.971. The summed E-state index contributed by atoms with van der Waals surface area (Å²) in [4.78, 5) is 72.0. The molecule has 6 amide bonds. The van der Waals surface area contributed by atoms with Gasteiger partial charge in [0.25, 0.3) is 0 Å². The van der Waals surface area contributed by atoms with E-state index in [0.29, 0.717) is 31.5 Å². The lowest BCUT2D eigenvalue weighted by atomic mass is 10.0. The van der Waals surface area contributed by atoms with Crippen molar-refractivity contribution in [2.75, 3.05) is 24.3 Å². The Balaban J connectivity index is 2.81. The van der Waals surface area contributed by atoms with Gasteiger partial charge in [0, 0.05) is 32.1 Å². The predicted molar refractivity (Wildman–Crippen MR) is 154 cm³/mol. The number of alkyl halides is 1. The number of amides is 6. The molecule has 0 bridgehead atoms. The number of benzene rings is 1. The van der Waals surface area contributed by atoms with Gasteiger partial charge in [-0.15, -0.1) is 11.6 Å². The maximum Gasteiger partial charge on any atom is 0.312 e. The van der Waals surface area contributed by atoms with Crippen molar-refractivity contribution in [2.45, 2.75) is 71.6 Å². The van der Waals surface area contributed by atoms with Gasteiger partial charge in [-0.1, -0.05) is 26.0 Å². The van der Waals surface area contributed by atoms with Crippen LogP contribution in [0.15, 0.2) is 24.3 Å². The first-order chi connectivity index (χ1) is 19.4. The fraction of sp³-hybridized carbons (Fsp3) is 0.556. The molecule has 41 heavy (non-hydrogen) atoms. The summed E-state index contributed by atoms with van der Waals surface area (Å²) in [5, 5.41) is 13.3. The molecular formula is C27H41ClN6O7. The summed E-state index contributed by atoms with van der Waals surface area (Å²) in [6, 6.07) is 4.11. The monoisotopic (exact) mass is 596 g/mol. The maximum atomic E-state index is 13.2. The third-order valence-electron chi connectivity index (χ3n) is 5.81. The molecule has 0 saturated heterocycles. The smallest absolute Gasteiger partial charge is 0.312 e. The predicted octanol–water partition coefficient (Wildman–Crippen LogP) is 1.29. The van der Waals surface area contributed by atoms with E-state index in [1.165, 1.54) is 6.92 Å². The molecule has 0 aliphatic heterocycles. The number of carbonyl (C=O) groups is 6. The van der Waals surface area contributed by atoms with Crippen molar-refractivity contribution in [1.82, 2.24) is 21.3 Å². The van der Waals surface area contributed by atoms with Crippen LogP contribution in [0.25, 0.3) is 0 Å². The summed E-state index contributed by atoms with van der Waals surface area (Å²) in [7, 11) is 0. The molecule has 14 heteroatoms. The second-order valence-electron chi connectivity index (χ2n) is 9.69. The Hall–Kier alpha value is -3.87. The van der Waals surface area contributed by atoms with Crippen LogP contribution >= 0.6 is 11.6 Å². The Morgan fingerprint density at radius 3 is 2.12 bits per heavy atom. The van der Waals surface area contributed by atoms with Gasteiger partial charge in [-0.2, -0.15) is 0 Å². The van der Waals surface area contributed by atoms with Gasteiger partial charge in [-0.25, -0.2) is 4.79 Å². The van der Waals surface area contributed by atoms with Crippen LogP contribution in [-0.2, 0) is 35.3 Å². The van der Waals surface area contributed by atoms with Crippen molar-refractivity contribution in [3.05, 3.63) is 29.8 Å². The number of unbranched alkanes of at least 4 members (excludes halogenated alkanes) is 1. The molecular weight excluding hydrogens is 556 g/mol. The molecule has 1 rings (SSSR count). The van der Waals surface area contributed by atoms with E-state index in [0.717, 1.165) is 5.56 Å². The Morgan fingerprint density at radius 2 is 1.54 bits per heavy atom. The number of carbonyl (C=O) groups excluding carboxylic acids is 6. The molecule has 0 heterocycles. The first-order valence-corrected chi connectivity index (χ1v) is 13.9. The van der Waals surface area contributed by atoms with E-state index >= 15 is 0 Å². The summed E-state index contributed by atoms with van der Waals surface area (Å²) >= 11 is 5.43. The first-order valence-electron chi connectivity index (χ1n) is 13.4. The zero-order valence-electron chi connectivity index (χ0n) is 23.7. The first kappa shape index (κ1) is 35.2. The van der Waals surface area contributed by atoms with Crippen LogP contribution in [0, 0.1) is 5.92 Å². The van der Waals surface area contributed by atoms with Gasteiger partial charge in [-0.3, -0.25) is 24.0 Å². The van der Waals surface area contributed by atoms with Crippen LogP contribution in [0.2, 0.25) is 0 Å². The number of hydrogen-bond acceptors (Lipinski definition) is 7. The normalized spacial score (nSPS) is 12.0. The molecule has 0 saturated carbocycles. The molecule has 0 aromatic heterocycles. The topological polar surface area (TPSA) is 198 Å². The molecule has 0 spiro atoms. The van der Waals surface area contributed by atoms with Crippen molar-refractivity contribution in [1.29, 1.82) is 0 Å². The van der Waals surface area contributed by atoms with Crippen molar-refractivity contribution in [3.8, 4) is 0 Å². The van der Waals surface area contributed by atoms with Gasteiger partial charge < -0.3 is 37.1 Å². The quantitative estimate of drug-likeness (QED) is 0.0833. The Bertz CT molecular complexity index is 1040. The second kappa shape index (κ2) is 19.2. The number of rotatable bonds is 18. The van der Waals surface area contributed by atoms with Crippen LogP contribution in [0.3, 0.4) is 0 Å². The number of anilines is 1. The average Bonchev–Trinajstić information content (AvgIpc) is 2.92. The number of urea groups is 1. The zero-order valence-corrected chi connectivity index (χ0v) is 24.5. The third kappa shape index (κ3) is 15.5. The van der Waals surface area contributed by atoms with Crippen LogP contribution in [0.1, 0.15) is 58.4 Å². The SMILES string of the molecule is CC(=O)OCc1ccc(NC(=O)[C@@H](CCCNC(N)=O)NC(=O)[C@H](NC(=O)CCCCNC(=O)CCl)C(C)C)cc1. The van der Waals surface area contributed by atoms with Crippen molar-refractivity contribution >= 4 is 52.9 Å². The van der Waals surface area contributed by atoms with Gasteiger partial charge in [0.1, 0.15) is 24.6 Å². The van der Waals surface area contributed by atoms with E-state index in [2.05, 4.69) is 26.6 Å². The Morgan fingerprint density at radius 1 is 0.878 bits per heavy atom. The van der Waals surface area contributed by atoms with E-state index in [-0.39, 0.29) is 49.6 Å². The molecule has 0 radical (unpaired) electrons. The molecule has 228 valence electrons. The van der Waals surface area contributed by atoms with Gasteiger partial charge in [0.2, 0.25) is 23.6 Å². The van der Waals surface area contributed by atoms with Gasteiger partial charge in [0.05, 0.1) is 0 Å². The highest BCUT2D eigenvalue weighted by atomic mass is 35.5. The standard InChI is InChI=1S/C27H41ClN6O7/c1-17(2)24(34-22(36)8-4-5-13-30-23(37)15-28)26(39)33-21(7-6-14-31-27(29)40)25(38)32-20-11-9-19(10-12-20)16-41-18(3)35/h9-12,17,21,24H,4-8,13-16H2,1-3H3,(H,30,37)(H,32,38)(H,33,39)(H,34,36)(H3,29,31,40)/t21-,24-/m1/s1. The Kier molecular flexibility index (Phi) is 16.5. The second-order valence-corrected chi connectivity index (χ2v) is 9.96.